The predicted octanol–water partition coefficient (Wildman–Crippen LogP) is 2.44. The molecule has 4 nitrogen and oxygen atoms in total. The smallest absolute Gasteiger partial charge is 0.251 e. The van der Waals surface area contributed by atoms with Crippen LogP contribution in [-0.2, 0) is 9.59 Å². The fraction of sp³-hybridized carbons (Fsp3) is 0.250. The molecule has 1 amide bonds. The molecule has 0 radical (unpaired) electrons. The second-order valence-corrected chi connectivity index (χ2v) is 4.68. The number of rotatable bonds is 1. The molecule has 1 aliphatic heterocycles. The number of Topliss-reactive ketones (excluding diaryl/α,β-unsaturated/α-hetero) is 1. The summed E-state index contributed by atoms with van der Waals surface area (Å²) in [5.74, 6) is -2.06. The first-order valence-electron chi connectivity index (χ1n) is 5.23. The van der Waals surface area contributed by atoms with E-state index in [1.54, 1.807) is 24.3 Å². The third kappa shape index (κ3) is 2.20. The van der Waals surface area contributed by atoms with Crippen molar-refractivity contribution in [2.24, 2.45) is 5.92 Å². The van der Waals surface area contributed by atoms with Crippen molar-refractivity contribution in [2.75, 3.05) is 11.4 Å². The van der Waals surface area contributed by atoms with Crippen LogP contribution in [0.1, 0.15) is 6.42 Å². The lowest BCUT2D eigenvalue weighted by molar-refractivity contribution is -0.132. The van der Waals surface area contributed by atoms with E-state index >= 15 is 0 Å². The van der Waals surface area contributed by atoms with Crippen LogP contribution in [0.5, 0.6) is 0 Å². The van der Waals surface area contributed by atoms with E-state index in [1.165, 1.54) is 4.90 Å². The zero-order valence-electron chi connectivity index (χ0n) is 9.19. The first-order chi connectivity index (χ1) is 8.54. The number of anilines is 1. The van der Waals surface area contributed by atoms with Crippen LogP contribution in [0.15, 0.2) is 18.2 Å². The minimum absolute atomic E-state index is 0.171. The summed E-state index contributed by atoms with van der Waals surface area (Å²) in [5, 5.41) is 9.54. The molecule has 1 aromatic rings. The average molecular weight is 283 g/mol. The second kappa shape index (κ2) is 4.97. The Kier molecular flexibility index (Phi) is 3.55. The Hall–Kier alpha value is -1.57. The van der Waals surface area contributed by atoms with Gasteiger partial charge in [-0.05, 0) is 18.2 Å². The minimum atomic E-state index is -1.21. The van der Waals surface area contributed by atoms with Gasteiger partial charge in [0, 0.05) is 18.7 Å². The molecule has 1 atom stereocenters. The average Bonchev–Trinajstić information content (AvgIpc) is 2.34. The van der Waals surface area contributed by atoms with Gasteiger partial charge in [-0.2, -0.15) is 5.26 Å². The number of carbonyl (C=O) groups is 2. The fourth-order valence-electron chi connectivity index (χ4n) is 1.81. The molecular weight excluding hydrogens is 275 g/mol. The van der Waals surface area contributed by atoms with Crippen LogP contribution in [0.25, 0.3) is 0 Å². The Morgan fingerprint density at radius 1 is 1.28 bits per heavy atom. The van der Waals surface area contributed by atoms with Crippen LogP contribution in [-0.4, -0.2) is 18.2 Å². The molecule has 0 aromatic heterocycles. The number of hydrogen-bond donors (Lipinski definition) is 0. The van der Waals surface area contributed by atoms with E-state index in [4.69, 9.17) is 28.5 Å². The minimum Gasteiger partial charge on any atom is -0.310 e. The van der Waals surface area contributed by atoms with E-state index in [9.17, 15) is 9.59 Å². The lowest BCUT2D eigenvalue weighted by atomic mass is 9.96. The van der Waals surface area contributed by atoms with Gasteiger partial charge in [0.1, 0.15) is 0 Å². The van der Waals surface area contributed by atoms with Gasteiger partial charge in [0.05, 0.1) is 16.1 Å². The number of hydrogen-bond acceptors (Lipinski definition) is 3. The van der Waals surface area contributed by atoms with E-state index in [1.807, 2.05) is 0 Å². The van der Waals surface area contributed by atoms with Gasteiger partial charge in [-0.25, -0.2) is 0 Å². The number of amides is 1. The first kappa shape index (κ1) is 12.9. The number of carbonyl (C=O) groups excluding carboxylic acids is 2. The van der Waals surface area contributed by atoms with Gasteiger partial charge in [-0.3, -0.25) is 9.59 Å². The number of halogens is 2. The van der Waals surface area contributed by atoms with Crippen molar-refractivity contribution < 1.29 is 9.59 Å². The molecule has 1 aromatic carbocycles. The van der Waals surface area contributed by atoms with Crippen molar-refractivity contribution in [1.82, 2.24) is 0 Å². The lowest BCUT2D eigenvalue weighted by Crippen LogP contribution is -2.45. The monoisotopic (exact) mass is 282 g/mol. The summed E-state index contributed by atoms with van der Waals surface area (Å²) >= 11 is 11.7. The highest BCUT2D eigenvalue weighted by Gasteiger charge is 2.36. The molecule has 1 saturated heterocycles. The van der Waals surface area contributed by atoms with Crippen LogP contribution >= 0.6 is 23.2 Å². The topological polar surface area (TPSA) is 61.2 Å². The van der Waals surface area contributed by atoms with Gasteiger partial charge in [0.2, 0.25) is 0 Å². The number of ketones is 1. The zero-order valence-corrected chi connectivity index (χ0v) is 10.7. The Morgan fingerprint density at radius 3 is 2.61 bits per heavy atom. The Labute approximate surface area is 114 Å². The summed E-state index contributed by atoms with van der Waals surface area (Å²) in [7, 11) is 0. The maximum absolute atomic E-state index is 12.0. The molecule has 0 saturated carbocycles. The van der Waals surface area contributed by atoms with E-state index in [0.29, 0.717) is 15.7 Å². The molecule has 1 aliphatic rings. The van der Waals surface area contributed by atoms with Crippen molar-refractivity contribution in [3.05, 3.63) is 28.2 Å². The molecule has 1 unspecified atom stereocenters. The van der Waals surface area contributed by atoms with Crippen LogP contribution < -0.4 is 4.90 Å². The Balaban J connectivity index is 2.34. The number of benzene rings is 1. The summed E-state index contributed by atoms with van der Waals surface area (Å²) in [6.45, 7) is 0.258. The molecule has 0 aliphatic carbocycles. The van der Waals surface area contributed by atoms with Crippen LogP contribution in [0, 0.1) is 17.2 Å². The van der Waals surface area contributed by atoms with Crippen molar-refractivity contribution in [3.8, 4) is 6.07 Å². The van der Waals surface area contributed by atoms with Gasteiger partial charge in [-0.1, -0.05) is 23.2 Å². The normalized spacial score (nSPS) is 19.8. The highest BCUT2D eigenvalue weighted by molar-refractivity contribution is 6.42. The molecule has 6 heteroatoms. The molecule has 0 N–H and O–H groups in total. The number of nitrogens with zero attached hydrogens (tertiary/aromatic N) is 2. The van der Waals surface area contributed by atoms with Crippen molar-refractivity contribution >= 4 is 40.6 Å². The molecular formula is C12H8Cl2N2O2. The van der Waals surface area contributed by atoms with Gasteiger partial charge in [-0.15, -0.1) is 0 Å². The Bertz CT molecular complexity index is 566. The second-order valence-electron chi connectivity index (χ2n) is 3.87. The largest absolute Gasteiger partial charge is 0.310 e. The van der Waals surface area contributed by atoms with E-state index in [-0.39, 0.29) is 18.7 Å². The summed E-state index contributed by atoms with van der Waals surface area (Å²) < 4.78 is 0. The molecule has 2 rings (SSSR count). The van der Waals surface area contributed by atoms with E-state index in [2.05, 4.69) is 0 Å². The maximum atomic E-state index is 12.0. The van der Waals surface area contributed by atoms with Gasteiger partial charge < -0.3 is 4.90 Å². The van der Waals surface area contributed by atoms with Crippen molar-refractivity contribution in [2.45, 2.75) is 6.42 Å². The quantitative estimate of drug-likeness (QED) is 0.744. The maximum Gasteiger partial charge on any atom is 0.251 e. The molecule has 92 valence electrons. The third-order valence-corrected chi connectivity index (χ3v) is 3.50. The molecule has 1 fully saturated rings. The SMILES string of the molecule is N#CC1C(=O)CCN(c2ccc(Cl)c(Cl)c2)C1=O. The van der Waals surface area contributed by atoms with Gasteiger partial charge in [0.25, 0.3) is 5.91 Å². The molecule has 0 spiro atoms. The third-order valence-electron chi connectivity index (χ3n) is 2.76. The van der Waals surface area contributed by atoms with Crippen LogP contribution in [0.4, 0.5) is 5.69 Å². The Morgan fingerprint density at radius 2 is 2.00 bits per heavy atom. The molecule has 0 bridgehead atoms. The predicted molar refractivity (Wildman–Crippen MR) is 67.5 cm³/mol. The van der Waals surface area contributed by atoms with Crippen LogP contribution in [0.3, 0.4) is 0 Å². The summed E-state index contributed by atoms with van der Waals surface area (Å²) in [5.41, 5.74) is 0.544. The highest BCUT2D eigenvalue weighted by Crippen LogP contribution is 2.29. The zero-order chi connectivity index (χ0) is 13.3. The van der Waals surface area contributed by atoms with E-state index in [0.717, 1.165) is 0 Å². The summed E-state index contributed by atoms with van der Waals surface area (Å²) in [4.78, 5) is 24.8. The standard InChI is InChI=1S/C12H8Cl2N2O2/c13-9-2-1-7(5-10(9)14)16-4-3-11(17)8(6-15)12(16)18/h1-2,5,8H,3-4H2. The molecule has 1 heterocycles. The first-order valence-corrected chi connectivity index (χ1v) is 5.99. The van der Waals surface area contributed by atoms with Crippen molar-refractivity contribution in [1.29, 1.82) is 5.26 Å². The van der Waals surface area contributed by atoms with E-state index < -0.39 is 11.8 Å². The summed E-state index contributed by atoms with van der Waals surface area (Å²) in [6.07, 6.45) is 0.171. The van der Waals surface area contributed by atoms with Crippen molar-refractivity contribution in [3.63, 3.8) is 0 Å². The van der Waals surface area contributed by atoms with Crippen LogP contribution in [0.2, 0.25) is 10.0 Å². The highest BCUT2D eigenvalue weighted by atomic mass is 35.5. The number of piperidine rings is 1. The molecule has 18 heavy (non-hydrogen) atoms. The van der Waals surface area contributed by atoms with Gasteiger partial charge in [0.15, 0.2) is 11.7 Å². The fourth-order valence-corrected chi connectivity index (χ4v) is 2.10. The summed E-state index contributed by atoms with van der Waals surface area (Å²) in [6, 6.07) is 6.49. The van der Waals surface area contributed by atoms with Gasteiger partial charge >= 0.3 is 0 Å². The lowest BCUT2D eigenvalue weighted by Gasteiger charge is -2.28. The number of nitriles is 1.